The van der Waals surface area contributed by atoms with Gasteiger partial charge in [-0.05, 0) is 24.2 Å². The fourth-order valence-corrected chi connectivity index (χ4v) is 2.69. The molecule has 0 amide bonds. The molecule has 0 radical (unpaired) electrons. The Bertz CT molecular complexity index is 720. The van der Waals surface area contributed by atoms with Crippen molar-refractivity contribution in [1.82, 2.24) is 25.3 Å². The number of para-hydroxylation sites is 1. The first-order chi connectivity index (χ1) is 10.3. The summed E-state index contributed by atoms with van der Waals surface area (Å²) in [4.78, 5) is 0. The van der Waals surface area contributed by atoms with Crippen LogP contribution in [0.2, 0.25) is 0 Å². The zero-order valence-electron chi connectivity index (χ0n) is 12.3. The fraction of sp³-hybridized carbons (Fsp3) is 0.312. The molecule has 0 spiro atoms. The van der Waals surface area contributed by atoms with E-state index >= 15 is 0 Å². The Morgan fingerprint density at radius 2 is 2.05 bits per heavy atom. The van der Waals surface area contributed by atoms with Gasteiger partial charge in [0.2, 0.25) is 0 Å². The predicted octanol–water partition coefficient (Wildman–Crippen LogP) is 2.26. The number of hydrogen-bond acceptors (Lipinski definition) is 4. The Morgan fingerprint density at radius 1 is 1.19 bits per heavy atom. The Kier molecular flexibility index (Phi) is 3.92. The zero-order valence-corrected chi connectivity index (χ0v) is 12.3. The molecule has 1 aromatic carbocycles. The molecule has 5 nitrogen and oxygen atoms in total. The average molecular weight is 281 g/mol. The smallest absolute Gasteiger partial charge is 0.0722 e. The van der Waals surface area contributed by atoms with Crippen LogP contribution in [0.3, 0.4) is 0 Å². The predicted molar refractivity (Wildman–Crippen MR) is 82.9 cm³/mol. The van der Waals surface area contributed by atoms with Gasteiger partial charge in [-0.3, -0.25) is 4.68 Å². The number of nitrogens with zero attached hydrogens (tertiary/aromatic N) is 4. The number of nitrogens with one attached hydrogen (secondary N) is 1. The summed E-state index contributed by atoms with van der Waals surface area (Å²) in [5.74, 6) is 0. The lowest BCUT2D eigenvalue weighted by molar-refractivity contribution is 0.538. The first-order valence-corrected chi connectivity index (χ1v) is 7.20. The van der Waals surface area contributed by atoms with Crippen LogP contribution in [-0.4, -0.2) is 26.5 Å². The molecule has 3 rings (SSSR count). The van der Waals surface area contributed by atoms with Crippen molar-refractivity contribution in [3.8, 4) is 0 Å². The SMILES string of the molecule is CCNC(Cc1nn(C)c2ccccc12)c1ccnnc1. The average Bonchev–Trinajstić information content (AvgIpc) is 2.85. The van der Waals surface area contributed by atoms with Crippen molar-refractivity contribution in [1.29, 1.82) is 0 Å². The van der Waals surface area contributed by atoms with Crippen LogP contribution in [0.1, 0.15) is 24.2 Å². The molecule has 2 heterocycles. The van der Waals surface area contributed by atoms with Gasteiger partial charge in [0.1, 0.15) is 0 Å². The van der Waals surface area contributed by atoms with E-state index in [1.54, 1.807) is 6.20 Å². The summed E-state index contributed by atoms with van der Waals surface area (Å²) >= 11 is 0. The second kappa shape index (κ2) is 6.01. The van der Waals surface area contributed by atoms with Gasteiger partial charge in [-0.25, -0.2) is 0 Å². The molecule has 1 N–H and O–H groups in total. The summed E-state index contributed by atoms with van der Waals surface area (Å²) in [6.07, 6.45) is 4.38. The lowest BCUT2D eigenvalue weighted by atomic mass is 10.0. The first-order valence-electron chi connectivity index (χ1n) is 7.20. The van der Waals surface area contributed by atoms with Crippen LogP contribution in [-0.2, 0) is 13.5 Å². The molecule has 0 bridgehead atoms. The third-order valence-electron chi connectivity index (χ3n) is 3.69. The van der Waals surface area contributed by atoms with E-state index in [-0.39, 0.29) is 6.04 Å². The van der Waals surface area contributed by atoms with Gasteiger partial charge >= 0.3 is 0 Å². The van der Waals surface area contributed by atoms with Gasteiger partial charge in [0.15, 0.2) is 0 Å². The van der Waals surface area contributed by atoms with Crippen molar-refractivity contribution >= 4 is 10.9 Å². The Morgan fingerprint density at radius 3 is 2.81 bits per heavy atom. The molecular weight excluding hydrogens is 262 g/mol. The number of hydrogen-bond donors (Lipinski definition) is 1. The molecule has 0 aliphatic carbocycles. The Labute approximate surface area is 124 Å². The number of rotatable bonds is 5. The summed E-state index contributed by atoms with van der Waals surface area (Å²) in [5.41, 5.74) is 3.41. The Hall–Kier alpha value is -2.27. The third kappa shape index (κ3) is 2.78. The highest BCUT2D eigenvalue weighted by Crippen LogP contribution is 2.23. The standard InChI is InChI=1S/C16H19N5/c1-3-17-14(12-8-9-18-19-11-12)10-15-13-6-4-5-7-16(13)21(2)20-15/h4-9,11,14,17H,3,10H2,1-2H3. The lowest BCUT2D eigenvalue weighted by Crippen LogP contribution is -2.23. The molecule has 3 aromatic rings. The van der Waals surface area contributed by atoms with E-state index in [1.807, 2.05) is 30.1 Å². The Balaban J connectivity index is 1.95. The molecular formula is C16H19N5. The van der Waals surface area contributed by atoms with Gasteiger partial charge in [-0.15, -0.1) is 0 Å². The van der Waals surface area contributed by atoms with Crippen molar-refractivity contribution in [2.24, 2.45) is 7.05 Å². The van der Waals surface area contributed by atoms with Crippen LogP contribution < -0.4 is 5.32 Å². The fourth-order valence-electron chi connectivity index (χ4n) is 2.69. The number of aryl methyl sites for hydroxylation is 1. The maximum Gasteiger partial charge on any atom is 0.0722 e. The first kappa shape index (κ1) is 13.7. The van der Waals surface area contributed by atoms with E-state index in [4.69, 9.17) is 0 Å². The van der Waals surface area contributed by atoms with E-state index in [0.29, 0.717) is 0 Å². The minimum Gasteiger partial charge on any atom is -0.310 e. The van der Waals surface area contributed by atoms with Crippen LogP contribution in [0.4, 0.5) is 0 Å². The molecule has 0 saturated carbocycles. The molecule has 1 unspecified atom stereocenters. The van der Waals surface area contributed by atoms with Crippen LogP contribution >= 0.6 is 0 Å². The summed E-state index contributed by atoms with van der Waals surface area (Å²) < 4.78 is 1.94. The van der Waals surface area contributed by atoms with Crippen molar-refractivity contribution in [3.05, 3.63) is 54.0 Å². The molecule has 0 fully saturated rings. The van der Waals surface area contributed by atoms with Crippen molar-refractivity contribution in [2.45, 2.75) is 19.4 Å². The summed E-state index contributed by atoms with van der Waals surface area (Å²) in [6.45, 7) is 3.01. The minimum absolute atomic E-state index is 0.198. The topological polar surface area (TPSA) is 55.6 Å². The summed E-state index contributed by atoms with van der Waals surface area (Å²) in [5, 5.41) is 17.2. The number of aromatic nitrogens is 4. The number of likely N-dealkylation sites (N-methyl/N-ethyl adjacent to an activating group) is 1. The molecule has 5 heteroatoms. The summed E-state index contributed by atoms with van der Waals surface area (Å²) in [6, 6.07) is 10.5. The number of fused-ring (bicyclic) bond motifs is 1. The third-order valence-corrected chi connectivity index (χ3v) is 3.69. The van der Waals surface area contributed by atoms with E-state index in [9.17, 15) is 0 Å². The zero-order chi connectivity index (χ0) is 14.7. The second-order valence-electron chi connectivity index (χ2n) is 5.08. The maximum atomic E-state index is 4.68. The maximum absolute atomic E-state index is 4.68. The summed E-state index contributed by atoms with van der Waals surface area (Å²) in [7, 11) is 1.99. The van der Waals surface area contributed by atoms with Gasteiger partial charge in [0.05, 0.1) is 17.4 Å². The van der Waals surface area contributed by atoms with Crippen molar-refractivity contribution in [3.63, 3.8) is 0 Å². The normalized spacial score (nSPS) is 12.7. The highest BCUT2D eigenvalue weighted by atomic mass is 15.3. The van der Waals surface area contributed by atoms with Crippen molar-refractivity contribution in [2.75, 3.05) is 6.54 Å². The molecule has 0 aliphatic heterocycles. The second-order valence-corrected chi connectivity index (χ2v) is 5.08. The van der Waals surface area contributed by atoms with Crippen LogP contribution in [0, 0.1) is 0 Å². The van der Waals surface area contributed by atoms with Crippen LogP contribution in [0.5, 0.6) is 0 Å². The van der Waals surface area contributed by atoms with Gasteiger partial charge in [0.25, 0.3) is 0 Å². The number of benzene rings is 1. The van der Waals surface area contributed by atoms with Gasteiger partial charge in [-0.2, -0.15) is 15.3 Å². The lowest BCUT2D eigenvalue weighted by Gasteiger charge is -2.16. The van der Waals surface area contributed by atoms with E-state index < -0.39 is 0 Å². The van der Waals surface area contributed by atoms with Gasteiger partial charge in [0, 0.05) is 31.1 Å². The molecule has 108 valence electrons. The molecule has 2 aromatic heterocycles. The van der Waals surface area contributed by atoms with Gasteiger partial charge in [-0.1, -0.05) is 25.1 Å². The van der Waals surface area contributed by atoms with E-state index in [1.165, 1.54) is 5.39 Å². The molecule has 0 saturated heterocycles. The van der Waals surface area contributed by atoms with Gasteiger partial charge < -0.3 is 5.32 Å². The highest BCUT2D eigenvalue weighted by Gasteiger charge is 2.16. The van der Waals surface area contributed by atoms with Crippen molar-refractivity contribution < 1.29 is 0 Å². The molecule has 0 aliphatic rings. The van der Waals surface area contributed by atoms with Crippen LogP contribution in [0.25, 0.3) is 10.9 Å². The monoisotopic (exact) mass is 281 g/mol. The van der Waals surface area contributed by atoms with E-state index in [0.717, 1.165) is 29.7 Å². The van der Waals surface area contributed by atoms with E-state index in [2.05, 4.69) is 45.7 Å². The molecule has 21 heavy (non-hydrogen) atoms. The minimum atomic E-state index is 0.198. The highest BCUT2D eigenvalue weighted by molar-refractivity contribution is 5.81. The van der Waals surface area contributed by atoms with Crippen LogP contribution in [0.15, 0.2) is 42.7 Å². The quantitative estimate of drug-likeness (QED) is 0.779. The molecule has 1 atom stereocenters. The largest absolute Gasteiger partial charge is 0.310 e.